The maximum Gasteiger partial charge on any atom is 0.220 e. The minimum absolute atomic E-state index is 0.381. The molecule has 0 saturated heterocycles. The van der Waals surface area contributed by atoms with Crippen molar-refractivity contribution in [2.75, 3.05) is 0 Å². The van der Waals surface area contributed by atoms with Gasteiger partial charge in [0.25, 0.3) is 0 Å². The van der Waals surface area contributed by atoms with Crippen LogP contribution in [0.1, 0.15) is 5.69 Å². The quantitative estimate of drug-likeness (QED) is 0.685. The molecule has 0 unspecified atom stereocenters. The van der Waals surface area contributed by atoms with E-state index < -0.39 is 0 Å². The zero-order valence-electron chi connectivity index (χ0n) is 8.37. The molecule has 0 fully saturated rings. The lowest BCUT2D eigenvalue weighted by Crippen LogP contribution is -2.04. The third-order valence-electron chi connectivity index (χ3n) is 2.27. The molecule has 2 N–H and O–H groups in total. The Bertz CT molecular complexity index is 613. The number of aromatic nitrogens is 4. The first-order valence-electron chi connectivity index (χ1n) is 4.84. The van der Waals surface area contributed by atoms with Crippen LogP contribution in [0.5, 0.6) is 0 Å². The van der Waals surface area contributed by atoms with Gasteiger partial charge in [-0.1, -0.05) is 0 Å². The highest BCUT2D eigenvalue weighted by Crippen LogP contribution is 2.17. The number of nitrogens with two attached hydrogens (primary N) is 1. The molecular weight excluding hydrogens is 206 g/mol. The van der Waals surface area contributed by atoms with Crippen LogP contribution in [0.2, 0.25) is 0 Å². The molecule has 3 rings (SSSR count). The van der Waals surface area contributed by atoms with E-state index in [-0.39, 0.29) is 0 Å². The summed E-state index contributed by atoms with van der Waals surface area (Å²) in [5.74, 6) is 1.21. The van der Waals surface area contributed by atoms with Crippen LogP contribution >= 0.6 is 0 Å². The Morgan fingerprint density at radius 3 is 2.94 bits per heavy atom. The van der Waals surface area contributed by atoms with Crippen molar-refractivity contribution in [3.8, 4) is 11.6 Å². The zero-order valence-corrected chi connectivity index (χ0v) is 8.37. The second kappa shape index (κ2) is 3.42. The standard InChI is InChI=1S/C10H9N5O/c11-6-7-3-4-9-12-13-10(15(9)14-7)8-2-1-5-16-8/h1-5H,6,11H2. The fourth-order valence-electron chi connectivity index (χ4n) is 1.50. The van der Waals surface area contributed by atoms with E-state index in [1.54, 1.807) is 16.8 Å². The zero-order chi connectivity index (χ0) is 11.0. The van der Waals surface area contributed by atoms with E-state index in [0.717, 1.165) is 5.69 Å². The van der Waals surface area contributed by atoms with Crippen molar-refractivity contribution in [3.05, 3.63) is 36.2 Å². The topological polar surface area (TPSA) is 82.2 Å². The summed E-state index contributed by atoms with van der Waals surface area (Å²) in [6, 6.07) is 7.26. The Kier molecular flexibility index (Phi) is 1.94. The van der Waals surface area contributed by atoms with Crippen molar-refractivity contribution in [1.29, 1.82) is 0 Å². The Balaban J connectivity index is 2.25. The van der Waals surface area contributed by atoms with Crippen LogP contribution in [0.25, 0.3) is 17.2 Å². The fourth-order valence-corrected chi connectivity index (χ4v) is 1.50. The summed E-state index contributed by atoms with van der Waals surface area (Å²) in [6.07, 6.45) is 1.59. The summed E-state index contributed by atoms with van der Waals surface area (Å²) < 4.78 is 6.89. The van der Waals surface area contributed by atoms with E-state index in [4.69, 9.17) is 10.2 Å². The SMILES string of the molecule is NCc1ccc2nnc(-c3ccco3)n2n1. The van der Waals surface area contributed by atoms with Crippen LogP contribution in [0, 0.1) is 0 Å². The lowest BCUT2D eigenvalue weighted by molar-refractivity contribution is 0.574. The van der Waals surface area contributed by atoms with Gasteiger partial charge in [-0.2, -0.15) is 9.61 Å². The van der Waals surface area contributed by atoms with Crippen molar-refractivity contribution < 1.29 is 4.42 Å². The minimum Gasteiger partial charge on any atom is -0.461 e. The fraction of sp³-hybridized carbons (Fsp3) is 0.100. The maximum absolute atomic E-state index is 5.54. The predicted molar refractivity (Wildman–Crippen MR) is 56.4 cm³/mol. The van der Waals surface area contributed by atoms with E-state index in [9.17, 15) is 0 Å². The van der Waals surface area contributed by atoms with E-state index in [0.29, 0.717) is 23.8 Å². The van der Waals surface area contributed by atoms with Crippen molar-refractivity contribution >= 4 is 5.65 Å². The highest BCUT2D eigenvalue weighted by molar-refractivity contribution is 5.52. The van der Waals surface area contributed by atoms with Crippen molar-refractivity contribution in [2.45, 2.75) is 6.54 Å². The third kappa shape index (κ3) is 1.28. The normalized spacial score (nSPS) is 11.1. The van der Waals surface area contributed by atoms with Gasteiger partial charge in [-0.15, -0.1) is 10.2 Å². The van der Waals surface area contributed by atoms with Gasteiger partial charge in [0.05, 0.1) is 12.0 Å². The average Bonchev–Trinajstić information content (AvgIpc) is 2.96. The lowest BCUT2D eigenvalue weighted by atomic mass is 10.4. The van der Waals surface area contributed by atoms with E-state index in [1.165, 1.54) is 0 Å². The maximum atomic E-state index is 5.54. The number of hydrogen-bond donors (Lipinski definition) is 1. The molecule has 3 aromatic rings. The summed E-state index contributed by atoms with van der Waals surface area (Å²) in [5, 5.41) is 12.3. The summed E-state index contributed by atoms with van der Waals surface area (Å²) >= 11 is 0. The molecule has 0 saturated carbocycles. The average molecular weight is 215 g/mol. The number of nitrogens with zero attached hydrogens (tertiary/aromatic N) is 4. The first-order chi connectivity index (χ1) is 7.88. The molecule has 16 heavy (non-hydrogen) atoms. The van der Waals surface area contributed by atoms with Crippen molar-refractivity contribution in [2.24, 2.45) is 5.73 Å². The molecule has 0 aliphatic heterocycles. The minimum atomic E-state index is 0.381. The van der Waals surface area contributed by atoms with Gasteiger partial charge in [-0.05, 0) is 24.3 Å². The predicted octanol–water partition coefficient (Wildman–Crippen LogP) is 0.843. The Morgan fingerprint density at radius 2 is 2.19 bits per heavy atom. The van der Waals surface area contributed by atoms with Crippen molar-refractivity contribution in [1.82, 2.24) is 19.8 Å². The van der Waals surface area contributed by atoms with Crippen molar-refractivity contribution in [3.63, 3.8) is 0 Å². The van der Waals surface area contributed by atoms with Crippen LogP contribution < -0.4 is 5.73 Å². The number of hydrogen-bond acceptors (Lipinski definition) is 5. The largest absolute Gasteiger partial charge is 0.461 e. The molecular formula is C10H9N5O. The third-order valence-corrected chi connectivity index (χ3v) is 2.27. The van der Waals surface area contributed by atoms with Gasteiger partial charge >= 0.3 is 0 Å². The van der Waals surface area contributed by atoms with E-state index >= 15 is 0 Å². The first-order valence-corrected chi connectivity index (χ1v) is 4.84. The van der Waals surface area contributed by atoms with Crippen LogP contribution in [-0.2, 0) is 6.54 Å². The second-order valence-corrected chi connectivity index (χ2v) is 3.30. The molecule has 0 spiro atoms. The summed E-state index contributed by atoms with van der Waals surface area (Å²) in [4.78, 5) is 0. The van der Waals surface area contributed by atoms with Crippen LogP contribution in [0.3, 0.4) is 0 Å². The summed E-state index contributed by atoms with van der Waals surface area (Å²) in [6.45, 7) is 0.381. The monoisotopic (exact) mass is 215 g/mol. The van der Waals surface area contributed by atoms with E-state index in [2.05, 4.69) is 15.3 Å². The molecule has 0 aromatic carbocycles. The highest BCUT2D eigenvalue weighted by Gasteiger charge is 2.11. The summed E-state index contributed by atoms with van der Waals surface area (Å²) in [7, 11) is 0. The Labute approximate surface area is 90.7 Å². The number of furan rings is 1. The molecule has 0 aliphatic carbocycles. The van der Waals surface area contributed by atoms with Gasteiger partial charge in [0.2, 0.25) is 5.82 Å². The Morgan fingerprint density at radius 1 is 1.25 bits per heavy atom. The molecule has 0 radical (unpaired) electrons. The molecule has 3 heterocycles. The summed E-state index contributed by atoms with van der Waals surface area (Å²) in [5.41, 5.74) is 6.99. The van der Waals surface area contributed by atoms with Gasteiger partial charge < -0.3 is 10.2 Å². The van der Waals surface area contributed by atoms with Crippen LogP contribution in [-0.4, -0.2) is 19.8 Å². The number of fused-ring (bicyclic) bond motifs is 1. The lowest BCUT2D eigenvalue weighted by Gasteiger charge is -1.98. The second-order valence-electron chi connectivity index (χ2n) is 3.30. The van der Waals surface area contributed by atoms with Crippen LogP contribution in [0.15, 0.2) is 34.9 Å². The van der Waals surface area contributed by atoms with E-state index in [1.807, 2.05) is 18.2 Å². The molecule has 0 atom stereocenters. The molecule has 0 amide bonds. The molecule has 80 valence electrons. The number of rotatable bonds is 2. The van der Waals surface area contributed by atoms with Gasteiger partial charge in [0, 0.05) is 6.54 Å². The van der Waals surface area contributed by atoms with Gasteiger partial charge in [0.15, 0.2) is 11.4 Å². The van der Waals surface area contributed by atoms with Gasteiger partial charge in [0.1, 0.15) is 0 Å². The van der Waals surface area contributed by atoms with Gasteiger partial charge in [-0.25, -0.2) is 0 Å². The highest BCUT2D eigenvalue weighted by atomic mass is 16.3. The van der Waals surface area contributed by atoms with Crippen LogP contribution in [0.4, 0.5) is 0 Å². The Hall–Kier alpha value is -2.21. The molecule has 6 heteroatoms. The molecule has 0 aliphatic rings. The smallest absolute Gasteiger partial charge is 0.220 e. The van der Waals surface area contributed by atoms with Gasteiger partial charge in [-0.3, -0.25) is 0 Å². The molecule has 6 nitrogen and oxygen atoms in total. The first kappa shape index (κ1) is 9.05. The molecule has 3 aromatic heterocycles. The molecule has 0 bridgehead atoms.